The van der Waals surface area contributed by atoms with Crippen molar-refractivity contribution in [3.8, 4) is 5.75 Å². The van der Waals surface area contributed by atoms with Crippen molar-refractivity contribution in [1.82, 2.24) is 19.7 Å². The molecule has 1 aliphatic rings. The van der Waals surface area contributed by atoms with Crippen LogP contribution in [0.5, 0.6) is 5.75 Å². The molecular weight excluding hydrogens is 372 g/mol. The first kappa shape index (κ1) is 18.7. The third-order valence-electron chi connectivity index (χ3n) is 4.79. The van der Waals surface area contributed by atoms with Gasteiger partial charge in [-0.1, -0.05) is 12.1 Å². The maximum atomic E-state index is 5.55. The number of hydrogen-bond donors (Lipinski definition) is 1. The number of ether oxygens (including phenoxy) is 1. The molecule has 0 saturated heterocycles. The molecule has 6 nitrogen and oxygen atoms in total. The minimum atomic E-state index is 0.552. The molecule has 0 unspecified atom stereocenters. The van der Waals surface area contributed by atoms with Crippen molar-refractivity contribution < 1.29 is 9.15 Å². The normalized spacial score (nSPS) is 14.2. The Bertz CT molecular complexity index is 1010. The first-order chi connectivity index (χ1) is 13.6. The number of aryl methyl sites for hydroxylation is 1. The summed E-state index contributed by atoms with van der Waals surface area (Å²) in [5.74, 6) is 3.28. The maximum Gasteiger partial charge on any atom is 0.217 e. The molecule has 0 spiro atoms. The van der Waals surface area contributed by atoms with Gasteiger partial charge in [-0.2, -0.15) is 4.98 Å². The Labute approximate surface area is 169 Å². The van der Waals surface area contributed by atoms with Gasteiger partial charge >= 0.3 is 0 Å². The van der Waals surface area contributed by atoms with Gasteiger partial charge in [-0.3, -0.25) is 10.00 Å². The second-order valence-electron chi connectivity index (χ2n) is 7.07. The van der Waals surface area contributed by atoms with Crippen molar-refractivity contribution >= 4 is 24.4 Å². The number of rotatable bonds is 8. The summed E-state index contributed by atoms with van der Waals surface area (Å²) in [6.07, 6.45) is 6.22. The molecule has 1 fully saturated rings. The van der Waals surface area contributed by atoms with Crippen molar-refractivity contribution in [2.24, 2.45) is 0 Å². The smallest absolute Gasteiger partial charge is 0.217 e. The van der Waals surface area contributed by atoms with Crippen LogP contribution in [0.2, 0.25) is 0 Å². The van der Waals surface area contributed by atoms with E-state index in [1.807, 2.05) is 48.0 Å². The lowest BCUT2D eigenvalue weighted by Crippen LogP contribution is -2.28. The average Bonchev–Trinajstić information content (AvgIpc) is 3.37. The highest BCUT2D eigenvalue weighted by Crippen LogP contribution is 2.29. The summed E-state index contributed by atoms with van der Waals surface area (Å²) in [5.41, 5.74) is 1.26. The van der Waals surface area contributed by atoms with Crippen molar-refractivity contribution in [3.05, 3.63) is 64.1 Å². The van der Waals surface area contributed by atoms with Crippen LogP contribution in [0.4, 0.5) is 0 Å². The lowest BCUT2D eigenvalue weighted by molar-refractivity contribution is 0.186. The Morgan fingerprint density at radius 2 is 2.04 bits per heavy atom. The SMILES string of the molecule is COc1ccc(CN(Cn2[nH]c(/C=C/c3ccc(C)o3)nc2=S)C2CC2)cc1. The highest BCUT2D eigenvalue weighted by molar-refractivity contribution is 7.71. The highest BCUT2D eigenvalue weighted by atomic mass is 32.1. The van der Waals surface area contributed by atoms with Gasteiger partial charge < -0.3 is 9.15 Å². The van der Waals surface area contributed by atoms with Gasteiger partial charge in [-0.15, -0.1) is 0 Å². The first-order valence-electron chi connectivity index (χ1n) is 9.39. The van der Waals surface area contributed by atoms with E-state index in [-0.39, 0.29) is 0 Å². The fourth-order valence-electron chi connectivity index (χ4n) is 3.13. The number of hydrogen-bond acceptors (Lipinski definition) is 5. The fourth-order valence-corrected chi connectivity index (χ4v) is 3.33. The van der Waals surface area contributed by atoms with Gasteiger partial charge in [-0.05, 0) is 74.0 Å². The molecule has 4 rings (SSSR count). The molecule has 3 aromatic rings. The van der Waals surface area contributed by atoms with E-state index in [4.69, 9.17) is 21.4 Å². The van der Waals surface area contributed by atoms with E-state index in [0.717, 1.165) is 29.6 Å². The topological polar surface area (TPSA) is 59.2 Å². The van der Waals surface area contributed by atoms with E-state index in [0.29, 0.717) is 17.5 Å². The Morgan fingerprint density at radius 3 is 2.68 bits per heavy atom. The third-order valence-corrected chi connectivity index (χ3v) is 5.11. The van der Waals surface area contributed by atoms with E-state index in [1.54, 1.807) is 7.11 Å². The van der Waals surface area contributed by atoms with Crippen molar-refractivity contribution in [3.63, 3.8) is 0 Å². The molecule has 1 aliphatic carbocycles. The number of nitrogens with one attached hydrogen (secondary N) is 1. The molecule has 1 aromatic carbocycles. The van der Waals surface area contributed by atoms with Gasteiger partial charge in [0.05, 0.1) is 13.8 Å². The lowest BCUT2D eigenvalue weighted by Gasteiger charge is -2.22. The van der Waals surface area contributed by atoms with Crippen LogP contribution in [0.25, 0.3) is 12.2 Å². The molecular formula is C21H24N4O2S. The number of aromatic amines is 1. The summed E-state index contributed by atoms with van der Waals surface area (Å²) in [5, 5.41) is 3.29. The number of methoxy groups -OCH3 is 1. The van der Waals surface area contributed by atoms with E-state index in [9.17, 15) is 0 Å². The number of benzene rings is 1. The molecule has 0 bridgehead atoms. The Hall–Kier alpha value is -2.64. The largest absolute Gasteiger partial charge is 0.497 e. The Kier molecular flexibility index (Phi) is 5.45. The molecule has 0 radical (unpaired) electrons. The van der Waals surface area contributed by atoms with Crippen LogP contribution in [-0.2, 0) is 13.2 Å². The molecule has 2 aromatic heterocycles. The number of nitrogens with zero attached hydrogens (tertiary/aromatic N) is 3. The molecule has 28 heavy (non-hydrogen) atoms. The molecule has 2 heterocycles. The number of H-pyrrole nitrogens is 1. The summed E-state index contributed by atoms with van der Waals surface area (Å²) in [7, 11) is 1.69. The van der Waals surface area contributed by atoms with Crippen LogP contribution in [0.3, 0.4) is 0 Å². The average molecular weight is 397 g/mol. The van der Waals surface area contributed by atoms with Gasteiger partial charge in [0.15, 0.2) is 0 Å². The summed E-state index contributed by atoms with van der Waals surface area (Å²) in [6.45, 7) is 3.48. The summed E-state index contributed by atoms with van der Waals surface area (Å²) in [6, 6.07) is 12.7. The predicted molar refractivity (Wildman–Crippen MR) is 111 cm³/mol. The lowest BCUT2D eigenvalue weighted by atomic mass is 10.2. The molecule has 146 valence electrons. The van der Waals surface area contributed by atoms with Gasteiger partial charge in [0.1, 0.15) is 23.1 Å². The maximum absolute atomic E-state index is 5.55. The van der Waals surface area contributed by atoms with Crippen LogP contribution < -0.4 is 4.74 Å². The minimum Gasteiger partial charge on any atom is -0.497 e. The molecule has 7 heteroatoms. The zero-order valence-electron chi connectivity index (χ0n) is 16.1. The summed E-state index contributed by atoms with van der Waals surface area (Å²) < 4.78 is 13.3. The molecule has 0 atom stereocenters. The van der Waals surface area contributed by atoms with Gasteiger partial charge in [-0.25, -0.2) is 4.68 Å². The van der Waals surface area contributed by atoms with E-state index < -0.39 is 0 Å². The van der Waals surface area contributed by atoms with Gasteiger partial charge in [0.2, 0.25) is 4.77 Å². The fraction of sp³-hybridized carbons (Fsp3) is 0.333. The minimum absolute atomic E-state index is 0.552. The number of aromatic nitrogens is 3. The zero-order chi connectivity index (χ0) is 19.5. The van der Waals surface area contributed by atoms with Crippen LogP contribution in [0, 0.1) is 11.7 Å². The summed E-state index contributed by atoms with van der Waals surface area (Å²) in [4.78, 5) is 6.88. The van der Waals surface area contributed by atoms with Crippen molar-refractivity contribution in [1.29, 1.82) is 0 Å². The standard InChI is InChI=1S/C21H24N4O2S/c1-15-3-8-19(27-15)11-12-20-22-21(28)25(23-20)14-24(17-6-7-17)13-16-4-9-18(26-2)10-5-16/h3-5,8-12,17H,6-7,13-14H2,1-2H3,(H,22,23,28)/b12-11+. The Morgan fingerprint density at radius 1 is 1.25 bits per heavy atom. The third kappa shape index (κ3) is 4.61. The highest BCUT2D eigenvalue weighted by Gasteiger charge is 2.29. The van der Waals surface area contributed by atoms with Crippen molar-refractivity contribution in [2.75, 3.05) is 7.11 Å². The molecule has 0 amide bonds. The quantitative estimate of drug-likeness (QED) is 0.562. The Balaban J connectivity index is 1.45. The molecule has 1 saturated carbocycles. The predicted octanol–water partition coefficient (Wildman–Crippen LogP) is 4.64. The molecule has 0 aliphatic heterocycles. The second kappa shape index (κ2) is 8.16. The number of furan rings is 1. The molecule has 1 N–H and O–H groups in total. The van der Waals surface area contributed by atoms with Crippen LogP contribution in [0.1, 0.15) is 35.7 Å². The van der Waals surface area contributed by atoms with E-state index in [2.05, 4.69) is 27.1 Å². The first-order valence-corrected chi connectivity index (χ1v) is 9.80. The van der Waals surface area contributed by atoms with Gasteiger partial charge in [0.25, 0.3) is 0 Å². The second-order valence-corrected chi connectivity index (χ2v) is 7.43. The van der Waals surface area contributed by atoms with E-state index in [1.165, 1.54) is 18.4 Å². The van der Waals surface area contributed by atoms with Crippen LogP contribution in [-0.4, -0.2) is 32.8 Å². The van der Waals surface area contributed by atoms with Crippen molar-refractivity contribution in [2.45, 2.75) is 39.0 Å². The monoisotopic (exact) mass is 396 g/mol. The van der Waals surface area contributed by atoms with Crippen LogP contribution >= 0.6 is 12.2 Å². The zero-order valence-corrected chi connectivity index (χ0v) is 16.9. The summed E-state index contributed by atoms with van der Waals surface area (Å²) >= 11 is 5.45. The van der Waals surface area contributed by atoms with Gasteiger partial charge in [0, 0.05) is 12.6 Å². The van der Waals surface area contributed by atoms with Crippen LogP contribution in [0.15, 0.2) is 40.8 Å². The van der Waals surface area contributed by atoms with E-state index >= 15 is 0 Å².